The Labute approximate surface area is 255 Å². The lowest BCUT2D eigenvalue weighted by Gasteiger charge is -2.27. The number of anilines is 4. The number of fused-ring (bicyclic) bond motifs is 4. The zero-order valence-corrected chi connectivity index (χ0v) is 25.4. The third kappa shape index (κ3) is 4.22. The molecule has 0 amide bonds. The van der Waals surface area contributed by atoms with Crippen molar-refractivity contribution in [2.24, 2.45) is 0 Å². The molecule has 0 aliphatic heterocycles. The number of nitrogens with two attached hydrogens (primary N) is 1. The molecule has 41 heavy (non-hydrogen) atoms. The number of benzene rings is 6. The van der Waals surface area contributed by atoms with Gasteiger partial charge in [0.25, 0.3) is 0 Å². The third-order valence-electron chi connectivity index (χ3n) is 8.58. The Bertz CT molecular complexity index is 1910. The Morgan fingerprint density at radius 3 is 2.07 bits per heavy atom. The Balaban J connectivity index is 1.35. The van der Waals surface area contributed by atoms with Gasteiger partial charge in [0.1, 0.15) is 0 Å². The van der Waals surface area contributed by atoms with Gasteiger partial charge in [0, 0.05) is 38.0 Å². The maximum Gasteiger partial charge on any atom is 0.0468 e. The highest BCUT2D eigenvalue weighted by Gasteiger charge is 2.35. The molecule has 200 valence electrons. The van der Waals surface area contributed by atoms with Crippen LogP contribution in [0.1, 0.15) is 30.5 Å². The Morgan fingerprint density at radius 2 is 1.29 bits per heavy atom. The van der Waals surface area contributed by atoms with Crippen LogP contribution in [0.3, 0.4) is 0 Å². The fourth-order valence-electron chi connectivity index (χ4n) is 6.54. The molecule has 6 aromatic rings. The average molecular weight is 643 g/mol. The van der Waals surface area contributed by atoms with Crippen molar-refractivity contribution in [2.75, 3.05) is 10.6 Å². The van der Waals surface area contributed by atoms with Gasteiger partial charge in [-0.3, -0.25) is 0 Å². The van der Waals surface area contributed by atoms with E-state index in [1.54, 1.807) is 0 Å². The largest absolute Gasteiger partial charge is 0.398 e. The fraction of sp³-hybridized carbons (Fsp3) is 0.105. The molecule has 0 spiro atoms. The number of nitrogen functional groups attached to an aromatic ring is 1. The standard InChI is InChI=1S/C38H31IN2/c1-38(2)34-14-7-6-12-31(34)33-23-29(19-21-35(33)38)41(27-10-4-3-5-11-27)28-17-15-25(16-18-28)30-20-22-36(40)37-26(24-39)9-8-13-32(30)37/h3-23H,24,40H2,1-2H3. The summed E-state index contributed by atoms with van der Waals surface area (Å²) in [6, 6.07) is 46.0. The van der Waals surface area contributed by atoms with Crippen molar-refractivity contribution in [2.45, 2.75) is 23.7 Å². The summed E-state index contributed by atoms with van der Waals surface area (Å²) in [5.74, 6) is 0. The lowest BCUT2D eigenvalue weighted by molar-refractivity contribution is 0.660. The highest BCUT2D eigenvalue weighted by molar-refractivity contribution is 14.1. The van der Waals surface area contributed by atoms with Crippen LogP contribution >= 0.6 is 22.6 Å². The predicted octanol–water partition coefficient (Wildman–Crippen LogP) is 10.8. The summed E-state index contributed by atoms with van der Waals surface area (Å²) in [4.78, 5) is 2.35. The van der Waals surface area contributed by atoms with Crippen molar-refractivity contribution in [3.05, 3.63) is 144 Å². The van der Waals surface area contributed by atoms with Gasteiger partial charge in [-0.05, 0) is 86.8 Å². The van der Waals surface area contributed by atoms with E-state index in [2.05, 4.69) is 163 Å². The molecule has 6 aromatic carbocycles. The molecule has 3 heteroatoms. The van der Waals surface area contributed by atoms with Crippen LogP contribution in [0.5, 0.6) is 0 Å². The summed E-state index contributed by atoms with van der Waals surface area (Å²) in [6.45, 7) is 4.66. The van der Waals surface area contributed by atoms with Gasteiger partial charge in [0.05, 0.1) is 0 Å². The Hall–Kier alpha value is -4.09. The number of nitrogens with zero attached hydrogens (tertiary/aromatic N) is 1. The third-order valence-corrected chi connectivity index (χ3v) is 9.40. The van der Waals surface area contributed by atoms with Crippen LogP contribution in [0.4, 0.5) is 22.7 Å². The Morgan fingerprint density at radius 1 is 0.610 bits per heavy atom. The van der Waals surface area contributed by atoms with E-state index in [0.717, 1.165) is 32.6 Å². The maximum atomic E-state index is 6.45. The van der Waals surface area contributed by atoms with Gasteiger partial charge >= 0.3 is 0 Å². The smallest absolute Gasteiger partial charge is 0.0468 e. The van der Waals surface area contributed by atoms with E-state index in [0.29, 0.717) is 0 Å². The predicted molar refractivity (Wildman–Crippen MR) is 184 cm³/mol. The van der Waals surface area contributed by atoms with E-state index in [9.17, 15) is 0 Å². The first-order valence-corrected chi connectivity index (χ1v) is 15.6. The molecule has 0 bridgehead atoms. The van der Waals surface area contributed by atoms with Crippen LogP contribution in [0.25, 0.3) is 33.0 Å². The molecular formula is C38H31IN2. The first-order valence-electron chi connectivity index (χ1n) is 14.0. The SMILES string of the molecule is CC1(C)c2ccccc2-c2cc(N(c3ccccc3)c3ccc(-c4ccc(N)c5c(CI)cccc45)cc3)ccc21. The number of hydrogen-bond acceptors (Lipinski definition) is 2. The molecule has 0 heterocycles. The summed E-state index contributed by atoms with van der Waals surface area (Å²) in [5, 5.41) is 2.36. The minimum atomic E-state index is -0.0112. The van der Waals surface area contributed by atoms with E-state index in [1.165, 1.54) is 44.3 Å². The molecular weight excluding hydrogens is 611 g/mol. The summed E-state index contributed by atoms with van der Waals surface area (Å²) in [6.07, 6.45) is 0. The summed E-state index contributed by atoms with van der Waals surface area (Å²) in [5.41, 5.74) is 19.8. The van der Waals surface area contributed by atoms with Crippen LogP contribution in [0.2, 0.25) is 0 Å². The van der Waals surface area contributed by atoms with Crippen molar-refractivity contribution in [3.63, 3.8) is 0 Å². The van der Waals surface area contributed by atoms with Crippen LogP contribution < -0.4 is 10.6 Å². The lowest BCUT2D eigenvalue weighted by atomic mass is 9.82. The normalized spacial score (nSPS) is 13.1. The topological polar surface area (TPSA) is 29.3 Å². The van der Waals surface area contributed by atoms with Crippen molar-refractivity contribution in [3.8, 4) is 22.3 Å². The fourth-order valence-corrected chi connectivity index (χ4v) is 7.17. The molecule has 0 saturated heterocycles. The maximum absolute atomic E-state index is 6.45. The van der Waals surface area contributed by atoms with Gasteiger partial charge < -0.3 is 10.6 Å². The first-order chi connectivity index (χ1) is 20.0. The van der Waals surface area contributed by atoms with Crippen LogP contribution in [-0.2, 0) is 9.84 Å². The lowest BCUT2D eigenvalue weighted by Crippen LogP contribution is -2.15. The van der Waals surface area contributed by atoms with Gasteiger partial charge in [-0.2, -0.15) is 0 Å². The van der Waals surface area contributed by atoms with E-state index in [1.807, 2.05) is 6.07 Å². The van der Waals surface area contributed by atoms with Crippen LogP contribution in [0.15, 0.2) is 127 Å². The van der Waals surface area contributed by atoms with Crippen LogP contribution in [0, 0.1) is 0 Å². The van der Waals surface area contributed by atoms with Crippen molar-refractivity contribution < 1.29 is 0 Å². The van der Waals surface area contributed by atoms with Gasteiger partial charge in [-0.25, -0.2) is 0 Å². The van der Waals surface area contributed by atoms with Crippen molar-refractivity contribution in [1.82, 2.24) is 0 Å². The second-order valence-electron chi connectivity index (χ2n) is 11.3. The van der Waals surface area contributed by atoms with Gasteiger partial charge in [0.2, 0.25) is 0 Å². The van der Waals surface area contributed by atoms with Gasteiger partial charge in [-0.1, -0.05) is 121 Å². The minimum absolute atomic E-state index is 0.0112. The minimum Gasteiger partial charge on any atom is -0.398 e. The van der Waals surface area contributed by atoms with E-state index in [-0.39, 0.29) is 5.41 Å². The number of alkyl halides is 1. The van der Waals surface area contributed by atoms with E-state index < -0.39 is 0 Å². The van der Waals surface area contributed by atoms with Crippen molar-refractivity contribution in [1.29, 1.82) is 0 Å². The summed E-state index contributed by atoms with van der Waals surface area (Å²) in [7, 11) is 0. The molecule has 2 nitrogen and oxygen atoms in total. The molecule has 0 unspecified atom stereocenters. The molecule has 0 aromatic heterocycles. The first kappa shape index (κ1) is 25.8. The van der Waals surface area contributed by atoms with Gasteiger partial charge in [0.15, 0.2) is 0 Å². The molecule has 1 aliphatic rings. The van der Waals surface area contributed by atoms with Gasteiger partial charge in [-0.15, -0.1) is 0 Å². The van der Waals surface area contributed by atoms with E-state index >= 15 is 0 Å². The molecule has 0 fully saturated rings. The highest BCUT2D eigenvalue weighted by atomic mass is 127. The number of para-hydroxylation sites is 1. The number of rotatable bonds is 5. The van der Waals surface area contributed by atoms with Crippen LogP contribution in [-0.4, -0.2) is 0 Å². The quantitative estimate of drug-likeness (QED) is 0.115. The van der Waals surface area contributed by atoms with E-state index in [4.69, 9.17) is 5.73 Å². The number of halogens is 1. The zero-order valence-electron chi connectivity index (χ0n) is 23.2. The molecule has 2 N–H and O–H groups in total. The molecule has 0 radical (unpaired) electrons. The molecule has 1 aliphatic carbocycles. The number of hydrogen-bond donors (Lipinski definition) is 1. The zero-order chi connectivity index (χ0) is 28.1. The summed E-state index contributed by atoms with van der Waals surface area (Å²) < 4.78 is 0.927. The molecule has 0 saturated carbocycles. The Kier molecular flexibility index (Phi) is 6.35. The summed E-state index contributed by atoms with van der Waals surface area (Å²) >= 11 is 2.42. The monoisotopic (exact) mass is 642 g/mol. The van der Waals surface area contributed by atoms with Crippen molar-refractivity contribution >= 4 is 56.1 Å². The highest BCUT2D eigenvalue weighted by Crippen LogP contribution is 2.50. The molecule has 7 rings (SSSR count). The second kappa shape index (κ2) is 10.1. The second-order valence-corrected chi connectivity index (χ2v) is 12.1. The average Bonchev–Trinajstić information content (AvgIpc) is 3.24. The molecule has 0 atom stereocenters.